The first-order valence-electron chi connectivity index (χ1n) is 12.7. The lowest BCUT2D eigenvalue weighted by molar-refractivity contribution is -0.140. The summed E-state index contributed by atoms with van der Waals surface area (Å²) in [5, 5.41) is 2.91. The fraction of sp³-hybridized carbons (Fsp3) is 0.300. The number of benzene rings is 3. The number of amides is 2. The molecule has 0 bridgehead atoms. The van der Waals surface area contributed by atoms with E-state index in [2.05, 4.69) is 5.32 Å². The number of hydrogen-bond acceptors (Lipinski definition) is 7. The van der Waals surface area contributed by atoms with Gasteiger partial charge in [-0.2, -0.15) is 0 Å². The molecule has 9 nitrogen and oxygen atoms in total. The van der Waals surface area contributed by atoms with Crippen LogP contribution in [0, 0.1) is 0 Å². The van der Waals surface area contributed by atoms with E-state index in [-0.39, 0.29) is 25.7 Å². The normalized spacial score (nSPS) is 14.5. The molecule has 0 saturated carbocycles. The monoisotopic (exact) mass is 532 g/mol. The molecule has 1 aliphatic rings. The van der Waals surface area contributed by atoms with E-state index >= 15 is 0 Å². The molecule has 4 rings (SSSR count). The molecule has 1 N–H and O–H groups in total. The van der Waals surface area contributed by atoms with E-state index in [1.54, 1.807) is 63.6 Å². The molecule has 0 saturated heterocycles. The summed E-state index contributed by atoms with van der Waals surface area (Å²) < 4.78 is 21.9. The third kappa shape index (κ3) is 5.98. The largest absolute Gasteiger partial charge is 0.497 e. The number of nitrogens with one attached hydrogen (secondary N) is 1. The summed E-state index contributed by atoms with van der Waals surface area (Å²) in [6.07, 6.45) is 0.674. The topological polar surface area (TPSA) is 103 Å². The van der Waals surface area contributed by atoms with Crippen molar-refractivity contribution in [1.82, 2.24) is 4.90 Å². The average Bonchev–Trinajstić information content (AvgIpc) is 3.09. The number of nitrogens with zero attached hydrogens (tertiary/aromatic N) is 1. The van der Waals surface area contributed by atoms with Crippen LogP contribution in [-0.2, 0) is 27.3 Å². The lowest BCUT2D eigenvalue weighted by Gasteiger charge is -2.30. The maximum Gasteiger partial charge on any atom is 0.338 e. The minimum absolute atomic E-state index is 0.102. The number of fused-ring (bicyclic) bond motifs is 1. The van der Waals surface area contributed by atoms with Crippen molar-refractivity contribution in [1.29, 1.82) is 0 Å². The summed E-state index contributed by atoms with van der Waals surface area (Å²) >= 11 is 0. The van der Waals surface area contributed by atoms with Crippen LogP contribution in [0.5, 0.6) is 17.2 Å². The Balaban J connectivity index is 1.72. The average molecular weight is 533 g/mol. The summed E-state index contributed by atoms with van der Waals surface area (Å²) in [6.45, 7) is 3.89. The van der Waals surface area contributed by atoms with Gasteiger partial charge in [-0.05, 0) is 55.3 Å². The second kappa shape index (κ2) is 12.3. The molecule has 3 aromatic rings. The second-order valence-electron chi connectivity index (χ2n) is 8.87. The zero-order valence-corrected chi connectivity index (χ0v) is 22.5. The van der Waals surface area contributed by atoms with Crippen molar-refractivity contribution in [2.45, 2.75) is 32.9 Å². The standard InChI is InChI=1S/C30H32N2O7/c1-5-19-8-7-9-24-27(29(34)31-22-13-10-20(11-14-22)30(35)38-6-2)32(26(33)18-39-28(19)24)17-21-12-15-23(36-3)16-25(21)37-4/h7-16,27H,5-6,17-18H2,1-4H3,(H,31,34). The Morgan fingerprint density at radius 1 is 1.00 bits per heavy atom. The Morgan fingerprint density at radius 3 is 2.44 bits per heavy atom. The first-order valence-corrected chi connectivity index (χ1v) is 12.7. The number of carbonyl (C=O) groups excluding carboxylic acids is 3. The van der Waals surface area contributed by atoms with Gasteiger partial charge in [0.2, 0.25) is 0 Å². The van der Waals surface area contributed by atoms with Gasteiger partial charge >= 0.3 is 5.97 Å². The maximum absolute atomic E-state index is 13.9. The van der Waals surface area contributed by atoms with Gasteiger partial charge in [0.05, 0.1) is 32.9 Å². The lowest BCUT2D eigenvalue weighted by Crippen LogP contribution is -2.41. The number of aryl methyl sites for hydroxylation is 1. The zero-order valence-electron chi connectivity index (χ0n) is 22.5. The number of ether oxygens (including phenoxy) is 4. The molecule has 0 aliphatic carbocycles. The number of esters is 1. The van der Waals surface area contributed by atoms with Crippen molar-refractivity contribution >= 4 is 23.5 Å². The summed E-state index contributed by atoms with van der Waals surface area (Å²) in [6, 6.07) is 16.3. The number of para-hydroxylation sites is 1. The van der Waals surface area contributed by atoms with Gasteiger partial charge in [-0.3, -0.25) is 9.59 Å². The first kappa shape index (κ1) is 27.5. The Kier molecular flexibility index (Phi) is 8.70. The van der Waals surface area contributed by atoms with Crippen molar-refractivity contribution in [3.8, 4) is 17.2 Å². The molecular weight excluding hydrogens is 500 g/mol. The van der Waals surface area contributed by atoms with Crippen molar-refractivity contribution < 1.29 is 33.3 Å². The van der Waals surface area contributed by atoms with E-state index in [0.29, 0.717) is 46.0 Å². The van der Waals surface area contributed by atoms with E-state index in [9.17, 15) is 14.4 Å². The van der Waals surface area contributed by atoms with E-state index in [4.69, 9.17) is 18.9 Å². The third-order valence-electron chi connectivity index (χ3n) is 6.52. The molecule has 1 unspecified atom stereocenters. The van der Waals surface area contributed by atoms with Gasteiger partial charge in [0, 0.05) is 22.9 Å². The predicted octanol–water partition coefficient (Wildman–Crippen LogP) is 4.54. The molecule has 0 fully saturated rings. The predicted molar refractivity (Wildman–Crippen MR) is 145 cm³/mol. The van der Waals surface area contributed by atoms with Crippen LogP contribution in [-0.4, -0.2) is 50.1 Å². The van der Waals surface area contributed by atoms with Crippen LogP contribution in [0.3, 0.4) is 0 Å². The number of hydrogen-bond donors (Lipinski definition) is 1. The van der Waals surface area contributed by atoms with Crippen LogP contribution in [0.4, 0.5) is 5.69 Å². The molecule has 1 heterocycles. The van der Waals surface area contributed by atoms with Crippen LogP contribution >= 0.6 is 0 Å². The molecule has 2 amide bonds. The molecule has 1 aliphatic heterocycles. The maximum atomic E-state index is 13.9. The molecule has 3 aromatic carbocycles. The summed E-state index contributed by atoms with van der Waals surface area (Å²) in [5.74, 6) is 0.477. The minimum Gasteiger partial charge on any atom is -0.497 e. The molecule has 39 heavy (non-hydrogen) atoms. The molecule has 1 atom stereocenters. The highest BCUT2D eigenvalue weighted by Crippen LogP contribution is 2.38. The first-order chi connectivity index (χ1) is 18.9. The van der Waals surface area contributed by atoms with Crippen molar-refractivity contribution in [3.05, 3.63) is 82.9 Å². The van der Waals surface area contributed by atoms with Gasteiger partial charge < -0.3 is 29.2 Å². The van der Waals surface area contributed by atoms with Gasteiger partial charge in [0.15, 0.2) is 6.61 Å². The molecule has 9 heteroatoms. The molecule has 0 aromatic heterocycles. The summed E-state index contributed by atoms with van der Waals surface area (Å²) in [4.78, 5) is 40.9. The SMILES string of the molecule is CCOC(=O)c1ccc(NC(=O)C2c3cccc(CC)c3OCC(=O)N2Cc2ccc(OC)cc2OC)cc1. The number of carbonyl (C=O) groups is 3. The van der Waals surface area contributed by atoms with Crippen molar-refractivity contribution in [3.63, 3.8) is 0 Å². The van der Waals surface area contributed by atoms with E-state index in [1.807, 2.05) is 25.1 Å². The quantitative estimate of drug-likeness (QED) is 0.404. The second-order valence-corrected chi connectivity index (χ2v) is 8.87. The van der Waals surface area contributed by atoms with Gasteiger partial charge in [-0.25, -0.2) is 4.79 Å². The third-order valence-corrected chi connectivity index (χ3v) is 6.52. The zero-order chi connectivity index (χ0) is 27.9. The van der Waals surface area contributed by atoms with Gasteiger partial charge in [-0.1, -0.05) is 25.1 Å². The van der Waals surface area contributed by atoms with Gasteiger partial charge in [-0.15, -0.1) is 0 Å². The molecule has 0 radical (unpaired) electrons. The van der Waals surface area contributed by atoms with Crippen LogP contribution in [0.1, 0.15) is 46.9 Å². The van der Waals surface area contributed by atoms with Crippen LogP contribution < -0.4 is 19.5 Å². The van der Waals surface area contributed by atoms with Crippen LogP contribution in [0.15, 0.2) is 60.7 Å². The van der Waals surface area contributed by atoms with E-state index < -0.39 is 17.9 Å². The summed E-state index contributed by atoms with van der Waals surface area (Å²) in [5.41, 5.74) is 3.05. The number of methoxy groups -OCH3 is 2. The van der Waals surface area contributed by atoms with Crippen LogP contribution in [0.2, 0.25) is 0 Å². The van der Waals surface area contributed by atoms with Crippen molar-refractivity contribution in [2.75, 3.05) is 32.8 Å². The highest BCUT2D eigenvalue weighted by molar-refractivity contribution is 5.99. The Labute approximate surface area is 227 Å². The van der Waals surface area contributed by atoms with E-state index in [0.717, 1.165) is 5.56 Å². The Bertz CT molecular complexity index is 1350. The Hall–Kier alpha value is -4.53. The van der Waals surface area contributed by atoms with Gasteiger partial charge in [0.25, 0.3) is 11.8 Å². The van der Waals surface area contributed by atoms with Crippen molar-refractivity contribution in [2.24, 2.45) is 0 Å². The van der Waals surface area contributed by atoms with Gasteiger partial charge in [0.1, 0.15) is 23.3 Å². The molecule has 0 spiro atoms. The Morgan fingerprint density at radius 2 is 1.77 bits per heavy atom. The highest BCUT2D eigenvalue weighted by Gasteiger charge is 2.37. The smallest absolute Gasteiger partial charge is 0.338 e. The number of rotatable bonds is 9. The van der Waals surface area contributed by atoms with E-state index in [1.165, 1.54) is 4.90 Å². The number of anilines is 1. The minimum atomic E-state index is -0.988. The molecule has 204 valence electrons. The highest BCUT2D eigenvalue weighted by atomic mass is 16.5. The molecular formula is C30H32N2O7. The summed E-state index contributed by atoms with van der Waals surface area (Å²) in [7, 11) is 3.10. The van der Waals surface area contributed by atoms with Crippen LogP contribution in [0.25, 0.3) is 0 Å². The fourth-order valence-electron chi connectivity index (χ4n) is 4.55. The lowest BCUT2D eigenvalue weighted by atomic mass is 9.98. The fourth-order valence-corrected chi connectivity index (χ4v) is 4.55.